The molecule has 2 heterocycles. The highest BCUT2D eigenvalue weighted by Crippen LogP contribution is 2.45. The van der Waals surface area contributed by atoms with Gasteiger partial charge in [-0.25, -0.2) is 0 Å². The first-order valence-corrected chi connectivity index (χ1v) is 7.41. The van der Waals surface area contributed by atoms with Crippen molar-refractivity contribution in [3.63, 3.8) is 0 Å². The molecular formula is C15H16N4O7. The van der Waals surface area contributed by atoms with Crippen LogP contribution >= 0.6 is 0 Å². The average molecular weight is 364 g/mol. The first-order chi connectivity index (χ1) is 12.4. The number of nitro groups is 1. The fourth-order valence-electron chi connectivity index (χ4n) is 2.94. The second-order valence-corrected chi connectivity index (χ2v) is 5.40. The van der Waals surface area contributed by atoms with Crippen molar-refractivity contribution in [2.75, 3.05) is 27.1 Å². The summed E-state index contributed by atoms with van der Waals surface area (Å²) in [5.41, 5.74) is 5.26. The van der Waals surface area contributed by atoms with Gasteiger partial charge in [0.1, 0.15) is 5.92 Å². The minimum atomic E-state index is -1.55. The van der Waals surface area contributed by atoms with Crippen molar-refractivity contribution in [2.45, 2.75) is 12.1 Å². The van der Waals surface area contributed by atoms with Crippen LogP contribution in [0.4, 0.5) is 5.95 Å². The van der Waals surface area contributed by atoms with Crippen molar-refractivity contribution >= 4 is 5.95 Å². The van der Waals surface area contributed by atoms with Gasteiger partial charge in [-0.15, -0.1) is 0 Å². The molecule has 138 valence electrons. The summed E-state index contributed by atoms with van der Waals surface area (Å²) >= 11 is 0. The maximum atomic E-state index is 12.4. The molecule has 2 atom stereocenters. The van der Waals surface area contributed by atoms with Crippen LogP contribution in [0.15, 0.2) is 16.9 Å². The number of aromatic amines is 1. The molecule has 1 aliphatic heterocycles. The van der Waals surface area contributed by atoms with Crippen molar-refractivity contribution in [1.82, 2.24) is 9.97 Å². The molecule has 11 nitrogen and oxygen atoms in total. The summed E-state index contributed by atoms with van der Waals surface area (Å²) in [7, 11) is 4.27. The minimum Gasteiger partial charge on any atom is -0.493 e. The van der Waals surface area contributed by atoms with Crippen LogP contribution in [0, 0.1) is 10.1 Å². The molecule has 3 rings (SSSR count). The van der Waals surface area contributed by atoms with E-state index in [2.05, 4.69) is 9.97 Å². The number of rotatable bonds is 5. The molecule has 3 N–H and O–H groups in total. The Hall–Kier alpha value is -3.50. The van der Waals surface area contributed by atoms with E-state index in [9.17, 15) is 14.9 Å². The lowest BCUT2D eigenvalue weighted by molar-refractivity contribution is -0.562. The predicted octanol–water partition coefficient (Wildman–Crippen LogP) is 0.505. The normalized spacial score (nSPS) is 18.0. The lowest BCUT2D eigenvalue weighted by Gasteiger charge is -2.17. The smallest absolute Gasteiger partial charge is 0.366 e. The van der Waals surface area contributed by atoms with Crippen LogP contribution in [0.2, 0.25) is 0 Å². The molecule has 11 heteroatoms. The summed E-state index contributed by atoms with van der Waals surface area (Å²) in [6.45, 7) is 0. The summed E-state index contributed by atoms with van der Waals surface area (Å²) in [5.74, 6) is -0.506. The highest BCUT2D eigenvalue weighted by molar-refractivity contribution is 5.57. The predicted molar refractivity (Wildman–Crippen MR) is 88.6 cm³/mol. The number of nitrogens with one attached hydrogen (secondary N) is 1. The molecule has 1 aromatic heterocycles. The second kappa shape index (κ2) is 6.43. The molecule has 0 fully saturated rings. The molecule has 0 unspecified atom stereocenters. The van der Waals surface area contributed by atoms with Crippen LogP contribution in [0.25, 0.3) is 0 Å². The Morgan fingerprint density at radius 2 is 1.85 bits per heavy atom. The largest absolute Gasteiger partial charge is 0.493 e. The van der Waals surface area contributed by atoms with Gasteiger partial charge < -0.3 is 24.7 Å². The van der Waals surface area contributed by atoms with Crippen LogP contribution in [0.5, 0.6) is 23.1 Å². The van der Waals surface area contributed by atoms with Gasteiger partial charge in [0.25, 0.3) is 5.56 Å². The number of aromatic nitrogens is 2. The lowest BCUT2D eigenvalue weighted by atomic mass is 9.92. The maximum Gasteiger partial charge on any atom is 0.366 e. The minimum absolute atomic E-state index is 0.00942. The number of benzene rings is 1. The molecule has 0 radical (unpaired) electrons. The molecule has 0 aliphatic carbocycles. The number of hydrogen-bond donors (Lipinski definition) is 2. The highest BCUT2D eigenvalue weighted by Gasteiger charge is 2.47. The summed E-state index contributed by atoms with van der Waals surface area (Å²) in [4.78, 5) is 29.4. The van der Waals surface area contributed by atoms with Crippen LogP contribution in [-0.2, 0) is 0 Å². The van der Waals surface area contributed by atoms with Gasteiger partial charge in [-0.2, -0.15) is 4.98 Å². The number of nitrogen functional groups attached to an aromatic ring is 1. The van der Waals surface area contributed by atoms with E-state index in [4.69, 9.17) is 24.7 Å². The Kier molecular flexibility index (Phi) is 4.28. The van der Waals surface area contributed by atoms with Crippen molar-refractivity contribution in [2.24, 2.45) is 0 Å². The van der Waals surface area contributed by atoms with E-state index in [-0.39, 0.29) is 28.9 Å². The molecule has 2 aromatic rings. The summed E-state index contributed by atoms with van der Waals surface area (Å²) in [6.07, 6.45) is -1.55. The van der Waals surface area contributed by atoms with Crippen molar-refractivity contribution in [1.29, 1.82) is 0 Å². The van der Waals surface area contributed by atoms with E-state index in [0.717, 1.165) is 0 Å². The summed E-state index contributed by atoms with van der Waals surface area (Å²) < 4.78 is 21.1. The molecule has 26 heavy (non-hydrogen) atoms. The summed E-state index contributed by atoms with van der Waals surface area (Å²) in [5, 5.41) is 11.5. The first kappa shape index (κ1) is 17.3. The number of ether oxygens (including phenoxy) is 4. The monoisotopic (exact) mass is 364 g/mol. The topological polar surface area (TPSA) is 152 Å². The third-order valence-electron chi connectivity index (χ3n) is 4.02. The number of methoxy groups -OCH3 is 3. The van der Waals surface area contributed by atoms with Crippen molar-refractivity contribution < 1.29 is 23.9 Å². The number of nitrogens with zero attached hydrogens (tertiary/aromatic N) is 2. The van der Waals surface area contributed by atoms with Gasteiger partial charge in [-0.3, -0.25) is 19.9 Å². The molecule has 0 saturated heterocycles. The number of H-pyrrole nitrogens is 1. The van der Waals surface area contributed by atoms with E-state index in [1.807, 2.05) is 0 Å². The van der Waals surface area contributed by atoms with Crippen molar-refractivity contribution in [3.8, 4) is 23.1 Å². The quantitative estimate of drug-likeness (QED) is 0.570. The Labute approximate surface area is 146 Å². The standard InChI is InChI=1S/C15H16N4O7/c1-23-7-4-6(5-8(24-2)11(7)25-3)9-10-12(20)17-15(16)18-13(10)26-14(9)19(21)22/h4-5,9,14H,1-3H3,(H3,16,17,18,20)/t9-,14-/m1/s1. The van der Waals surface area contributed by atoms with Gasteiger partial charge >= 0.3 is 6.23 Å². The fourth-order valence-corrected chi connectivity index (χ4v) is 2.94. The Morgan fingerprint density at radius 1 is 1.23 bits per heavy atom. The lowest BCUT2D eigenvalue weighted by Crippen LogP contribution is -2.30. The first-order valence-electron chi connectivity index (χ1n) is 7.41. The fraction of sp³-hybridized carbons (Fsp3) is 0.333. The van der Waals surface area contributed by atoms with Gasteiger partial charge in [-0.1, -0.05) is 0 Å². The van der Waals surface area contributed by atoms with Gasteiger partial charge in [-0.05, 0) is 17.7 Å². The third-order valence-corrected chi connectivity index (χ3v) is 4.02. The highest BCUT2D eigenvalue weighted by atomic mass is 16.7. The zero-order chi connectivity index (χ0) is 19.0. The number of nitrogens with two attached hydrogens (primary N) is 1. The van der Waals surface area contributed by atoms with E-state index in [1.165, 1.54) is 33.5 Å². The van der Waals surface area contributed by atoms with Gasteiger partial charge in [0, 0.05) is 0 Å². The zero-order valence-corrected chi connectivity index (χ0v) is 14.1. The van der Waals surface area contributed by atoms with Crippen LogP contribution in [0.1, 0.15) is 17.0 Å². The molecule has 0 amide bonds. The SMILES string of the molecule is COc1cc([C@@H]2c3c(nc(N)[nH]c3=O)O[C@H]2[N+](=O)[O-])cc(OC)c1OC. The summed E-state index contributed by atoms with van der Waals surface area (Å²) in [6, 6.07) is 3.05. The van der Waals surface area contributed by atoms with Gasteiger partial charge in [0.15, 0.2) is 11.5 Å². The zero-order valence-electron chi connectivity index (χ0n) is 14.1. The molecular weight excluding hydrogens is 348 g/mol. The van der Waals surface area contributed by atoms with Gasteiger partial charge in [0.05, 0.1) is 31.8 Å². The number of anilines is 1. The van der Waals surface area contributed by atoms with E-state index < -0.39 is 22.6 Å². The number of hydrogen-bond acceptors (Lipinski definition) is 9. The van der Waals surface area contributed by atoms with Crippen molar-refractivity contribution in [3.05, 3.63) is 43.7 Å². The third kappa shape index (κ3) is 2.62. The second-order valence-electron chi connectivity index (χ2n) is 5.40. The van der Waals surface area contributed by atoms with Gasteiger partial charge in [0.2, 0.25) is 17.6 Å². The molecule has 0 bridgehead atoms. The molecule has 1 aromatic carbocycles. The average Bonchev–Trinajstić information content (AvgIpc) is 3.00. The molecule has 0 saturated carbocycles. The van der Waals surface area contributed by atoms with E-state index >= 15 is 0 Å². The van der Waals surface area contributed by atoms with Crippen LogP contribution in [0.3, 0.4) is 0 Å². The van der Waals surface area contributed by atoms with E-state index in [1.54, 1.807) is 0 Å². The van der Waals surface area contributed by atoms with Crippen LogP contribution in [-0.4, -0.2) is 42.4 Å². The Bertz CT molecular complexity index is 902. The Morgan fingerprint density at radius 3 is 2.35 bits per heavy atom. The number of fused-ring (bicyclic) bond motifs is 1. The molecule has 1 aliphatic rings. The van der Waals surface area contributed by atoms with Crippen LogP contribution < -0.4 is 30.2 Å². The Balaban J connectivity index is 2.25. The van der Waals surface area contributed by atoms with E-state index in [0.29, 0.717) is 11.3 Å². The molecule has 0 spiro atoms. The maximum absolute atomic E-state index is 12.4.